The number of phenolic OH excluding ortho intramolecular Hbond substituents is 1. The van der Waals surface area contributed by atoms with Crippen molar-refractivity contribution in [1.29, 1.82) is 0 Å². The molecule has 1 rings (SSSR count). The van der Waals surface area contributed by atoms with Gasteiger partial charge >= 0.3 is 0 Å². The van der Waals surface area contributed by atoms with Crippen LogP contribution >= 0.6 is 0 Å². The summed E-state index contributed by atoms with van der Waals surface area (Å²) in [5, 5.41) is 9.03. The van der Waals surface area contributed by atoms with E-state index in [1.165, 1.54) is 0 Å². The number of primary amides is 1. The summed E-state index contributed by atoms with van der Waals surface area (Å²) < 4.78 is 0. The number of carbonyl (C=O) groups is 1. The molecule has 3 nitrogen and oxygen atoms in total. The van der Waals surface area contributed by atoms with Crippen molar-refractivity contribution >= 4 is 5.91 Å². The first kappa shape index (κ1) is 10.3. The van der Waals surface area contributed by atoms with Gasteiger partial charge in [-0.3, -0.25) is 4.79 Å². The lowest BCUT2D eigenvalue weighted by Gasteiger charge is -1.98. The molecule has 3 heteroatoms. The number of benzene rings is 1. The van der Waals surface area contributed by atoms with E-state index < -0.39 is 5.91 Å². The lowest BCUT2D eigenvalue weighted by Crippen LogP contribution is -2.11. The van der Waals surface area contributed by atoms with Gasteiger partial charge in [-0.1, -0.05) is 18.2 Å². The van der Waals surface area contributed by atoms with E-state index in [9.17, 15) is 4.79 Å². The molecule has 0 saturated carbocycles. The number of carbonyl (C=O) groups excluding carboxylic acids is 1. The van der Waals surface area contributed by atoms with Crippen LogP contribution in [-0.4, -0.2) is 11.0 Å². The Bertz CT molecular complexity index is 352. The van der Waals surface area contributed by atoms with Crippen LogP contribution < -0.4 is 5.73 Å². The molecule has 74 valence electrons. The number of hydrogen-bond acceptors (Lipinski definition) is 2. The number of aromatic hydroxyl groups is 1. The fourth-order valence-electron chi connectivity index (χ4n) is 1.00. The van der Waals surface area contributed by atoms with Crippen LogP contribution in [0.2, 0.25) is 0 Å². The Morgan fingerprint density at radius 3 is 2.50 bits per heavy atom. The number of nitrogens with two attached hydrogens (primary N) is 1. The Morgan fingerprint density at radius 2 is 2.00 bits per heavy atom. The second-order valence-electron chi connectivity index (χ2n) is 3.12. The van der Waals surface area contributed by atoms with E-state index in [0.717, 1.165) is 5.56 Å². The molecule has 0 saturated heterocycles. The average Bonchev–Trinajstić information content (AvgIpc) is 2.16. The molecule has 0 aliphatic carbocycles. The van der Waals surface area contributed by atoms with E-state index >= 15 is 0 Å². The maximum absolute atomic E-state index is 10.7. The Labute approximate surface area is 82.9 Å². The lowest BCUT2D eigenvalue weighted by molar-refractivity contribution is -0.114. The molecule has 3 N–H and O–H groups in total. The Morgan fingerprint density at radius 1 is 1.43 bits per heavy atom. The van der Waals surface area contributed by atoms with Crippen LogP contribution in [0, 0.1) is 0 Å². The van der Waals surface area contributed by atoms with Gasteiger partial charge in [-0.05, 0) is 31.0 Å². The zero-order valence-corrected chi connectivity index (χ0v) is 8.03. The van der Waals surface area contributed by atoms with Crippen LogP contribution in [0.15, 0.2) is 35.9 Å². The van der Waals surface area contributed by atoms with Crippen molar-refractivity contribution in [2.45, 2.75) is 13.3 Å². The highest BCUT2D eigenvalue weighted by Gasteiger charge is 1.96. The molecular formula is C11H13NO2. The second-order valence-corrected chi connectivity index (χ2v) is 3.12. The third kappa shape index (κ3) is 2.94. The molecule has 0 atom stereocenters. The molecule has 1 amide bonds. The quantitative estimate of drug-likeness (QED) is 0.709. The summed E-state index contributed by atoms with van der Waals surface area (Å²) in [5.41, 5.74) is 6.66. The van der Waals surface area contributed by atoms with Gasteiger partial charge in [-0.2, -0.15) is 0 Å². The molecule has 1 aromatic carbocycles. The zero-order valence-electron chi connectivity index (χ0n) is 8.03. The normalized spacial score (nSPS) is 11.4. The van der Waals surface area contributed by atoms with Crippen molar-refractivity contribution in [1.82, 2.24) is 0 Å². The third-order valence-electron chi connectivity index (χ3n) is 1.97. The summed E-state index contributed by atoms with van der Waals surface area (Å²) in [6.07, 6.45) is 2.42. The average molecular weight is 191 g/mol. The van der Waals surface area contributed by atoms with E-state index in [1.807, 2.05) is 0 Å². The van der Waals surface area contributed by atoms with Crippen molar-refractivity contribution in [2.24, 2.45) is 5.73 Å². The number of amides is 1. The van der Waals surface area contributed by atoms with Gasteiger partial charge in [0, 0.05) is 5.57 Å². The maximum Gasteiger partial charge on any atom is 0.244 e. The van der Waals surface area contributed by atoms with Crippen LogP contribution in [-0.2, 0) is 11.2 Å². The SMILES string of the molecule is CC(=CCc1ccc(O)cc1)C(N)=O. The topological polar surface area (TPSA) is 63.3 Å². The number of hydrogen-bond donors (Lipinski definition) is 2. The summed E-state index contributed by atoms with van der Waals surface area (Å²) in [6, 6.07) is 6.84. The first-order chi connectivity index (χ1) is 6.59. The smallest absolute Gasteiger partial charge is 0.244 e. The monoisotopic (exact) mass is 191 g/mol. The fourth-order valence-corrected chi connectivity index (χ4v) is 1.00. The Balaban J connectivity index is 2.66. The highest BCUT2D eigenvalue weighted by molar-refractivity contribution is 5.91. The van der Waals surface area contributed by atoms with E-state index in [4.69, 9.17) is 10.8 Å². The summed E-state index contributed by atoms with van der Waals surface area (Å²) in [4.78, 5) is 10.7. The van der Waals surface area contributed by atoms with Gasteiger partial charge in [0.05, 0.1) is 0 Å². The predicted molar refractivity (Wildman–Crippen MR) is 54.8 cm³/mol. The predicted octanol–water partition coefficient (Wildman–Crippen LogP) is 1.37. The fraction of sp³-hybridized carbons (Fsp3) is 0.182. The minimum Gasteiger partial charge on any atom is -0.508 e. The largest absolute Gasteiger partial charge is 0.508 e. The summed E-state index contributed by atoms with van der Waals surface area (Å²) in [6.45, 7) is 1.68. The van der Waals surface area contributed by atoms with Crippen LogP contribution in [0.5, 0.6) is 5.75 Å². The van der Waals surface area contributed by atoms with E-state index in [2.05, 4.69) is 0 Å². The van der Waals surface area contributed by atoms with Crippen molar-refractivity contribution in [3.63, 3.8) is 0 Å². The van der Waals surface area contributed by atoms with Gasteiger partial charge in [-0.25, -0.2) is 0 Å². The van der Waals surface area contributed by atoms with Crippen molar-refractivity contribution in [3.8, 4) is 5.75 Å². The Kier molecular flexibility index (Phi) is 3.29. The summed E-state index contributed by atoms with van der Waals surface area (Å²) >= 11 is 0. The molecule has 0 aromatic heterocycles. The first-order valence-corrected chi connectivity index (χ1v) is 4.34. The number of phenols is 1. The molecule has 0 fully saturated rings. The number of rotatable bonds is 3. The third-order valence-corrected chi connectivity index (χ3v) is 1.97. The van der Waals surface area contributed by atoms with Crippen molar-refractivity contribution in [3.05, 3.63) is 41.5 Å². The highest BCUT2D eigenvalue weighted by Crippen LogP contribution is 2.10. The molecule has 0 radical (unpaired) electrons. The zero-order chi connectivity index (χ0) is 10.6. The van der Waals surface area contributed by atoms with Gasteiger partial charge < -0.3 is 10.8 Å². The Hall–Kier alpha value is -1.77. The summed E-state index contributed by atoms with van der Waals surface area (Å²) in [5.74, 6) is -0.159. The molecule has 1 aromatic rings. The molecule has 0 heterocycles. The van der Waals surface area contributed by atoms with E-state index in [0.29, 0.717) is 12.0 Å². The molecule has 0 bridgehead atoms. The second kappa shape index (κ2) is 4.46. The van der Waals surface area contributed by atoms with Gasteiger partial charge in [0.25, 0.3) is 0 Å². The van der Waals surface area contributed by atoms with Gasteiger partial charge in [0.2, 0.25) is 5.91 Å². The van der Waals surface area contributed by atoms with Crippen LogP contribution in [0.4, 0.5) is 0 Å². The molecule has 0 unspecified atom stereocenters. The van der Waals surface area contributed by atoms with E-state index in [1.54, 1.807) is 37.3 Å². The summed E-state index contributed by atoms with van der Waals surface area (Å²) in [7, 11) is 0. The van der Waals surface area contributed by atoms with Crippen LogP contribution in [0.1, 0.15) is 12.5 Å². The first-order valence-electron chi connectivity index (χ1n) is 4.34. The van der Waals surface area contributed by atoms with Gasteiger partial charge in [0.1, 0.15) is 5.75 Å². The minimum atomic E-state index is -0.399. The maximum atomic E-state index is 10.7. The molecular weight excluding hydrogens is 178 g/mol. The van der Waals surface area contributed by atoms with Gasteiger partial charge in [0.15, 0.2) is 0 Å². The lowest BCUT2D eigenvalue weighted by atomic mass is 10.1. The van der Waals surface area contributed by atoms with E-state index in [-0.39, 0.29) is 5.75 Å². The van der Waals surface area contributed by atoms with Crippen molar-refractivity contribution in [2.75, 3.05) is 0 Å². The molecule has 0 spiro atoms. The standard InChI is InChI=1S/C11H13NO2/c1-8(11(12)14)2-3-9-4-6-10(13)7-5-9/h2,4-7,13H,3H2,1H3,(H2,12,14). The molecule has 0 aliphatic heterocycles. The highest BCUT2D eigenvalue weighted by atomic mass is 16.3. The molecule has 0 aliphatic rings. The van der Waals surface area contributed by atoms with Crippen LogP contribution in [0.3, 0.4) is 0 Å². The van der Waals surface area contributed by atoms with Gasteiger partial charge in [-0.15, -0.1) is 0 Å². The number of allylic oxidation sites excluding steroid dienone is 1. The van der Waals surface area contributed by atoms with Crippen molar-refractivity contribution < 1.29 is 9.90 Å². The molecule has 14 heavy (non-hydrogen) atoms. The minimum absolute atomic E-state index is 0.240. The van der Waals surface area contributed by atoms with Crippen LogP contribution in [0.25, 0.3) is 0 Å².